The third-order valence-electron chi connectivity index (χ3n) is 2.77. The smallest absolute Gasteiger partial charge is 0.236 e. The first-order valence-electron chi connectivity index (χ1n) is 5.65. The first kappa shape index (κ1) is 13.4. The lowest BCUT2D eigenvalue weighted by molar-refractivity contribution is -0.131. The van der Waals surface area contributed by atoms with E-state index in [2.05, 4.69) is 0 Å². The molecular formula is C11H22N2O3. The van der Waals surface area contributed by atoms with E-state index in [4.69, 9.17) is 4.74 Å². The average Bonchev–Trinajstić information content (AvgIpc) is 2.99. The summed E-state index contributed by atoms with van der Waals surface area (Å²) in [5.41, 5.74) is 0. The zero-order valence-electron chi connectivity index (χ0n) is 10.3. The van der Waals surface area contributed by atoms with Gasteiger partial charge in [-0.1, -0.05) is 0 Å². The van der Waals surface area contributed by atoms with Crippen LogP contribution in [0.3, 0.4) is 0 Å². The lowest BCUT2D eigenvalue weighted by Crippen LogP contribution is -2.41. The van der Waals surface area contributed by atoms with Gasteiger partial charge < -0.3 is 14.7 Å². The van der Waals surface area contributed by atoms with Gasteiger partial charge in [0.1, 0.15) is 0 Å². The van der Waals surface area contributed by atoms with Gasteiger partial charge in [0.25, 0.3) is 0 Å². The van der Waals surface area contributed by atoms with Crippen LogP contribution in [0, 0.1) is 0 Å². The number of methoxy groups -OCH3 is 1. The highest BCUT2D eigenvalue weighted by atomic mass is 16.5. The van der Waals surface area contributed by atoms with Crippen LogP contribution in [0.5, 0.6) is 0 Å². The van der Waals surface area contributed by atoms with Crippen LogP contribution in [0.15, 0.2) is 0 Å². The molecule has 0 bridgehead atoms. The molecule has 5 nitrogen and oxygen atoms in total. The van der Waals surface area contributed by atoms with Crippen molar-refractivity contribution in [1.29, 1.82) is 0 Å². The molecule has 0 aromatic carbocycles. The van der Waals surface area contributed by atoms with Crippen LogP contribution in [0.25, 0.3) is 0 Å². The van der Waals surface area contributed by atoms with Crippen LogP contribution in [0.4, 0.5) is 0 Å². The van der Waals surface area contributed by atoms with Gasteiger partial charge in [0.05, 0.1) is 19.3 Å². The number of likely N-dealkylation sites (N-methyl/N-ethyl adjacent to an activating group) is 2. The van der Waals surface area contributed by atoms with E-state index < -0.39 is 6.10 Å². The summed E-state index contributed by atoms with van der Waals surface area (Å²) in [6.07, 6.45) is 1.71. The number of aliphatic hydroxyl groups excluding tert-OH is 1. The van der Waals surface area contributed by atoms with Gasteiger partial charge in [-0.25, -0.2) is 0 Å². The highest BCUT2D eigenvalue weighted by Gasteiger charge is 2.29. The SMILES string of the molecule is COCC(O)CN(C)CC(=O)N(C)C1CC1. The van der Waals surface area contributed by atoms with Gasteiger partial charge in [-0.15, -0.1) is 0 Å². The van der Waals surface area contributed by atoms with E-state index >= 15 is 0 Å². The first-order valence-corrected chi connectivity index (χ1v) is 5.65. The van der Waals surface area contributed by atoms with Crippen LogP contribution in [0.1, 0.15) is 12.8 Å². The van der Waals surface area contributed by atoms with Crippen molar-refractivity contribution in [2.75, 3.05) is 40.9 Å². The minimum absolute atomic E-state index is 0.120. The monoisotopic (exact) mass is 230 g/mol. The summed E-state index contributed by atoms with van der Waals surface area (Å²) in [7, 11) is 5.23. The molecule has 0 aromatic rings. The molecule has 1 aliphatic rings. The third-order valence-corrected chi connectivity index (χ3v) is 2.77. The predicted molar refractivity (Wildman–Crippen MR) is 61.2 cm³/mol. The van der Waals surface area contributed by atoms with Crippen molar-refractivity contribution in [1.82, 2.24) is 9.80 Å². The summed E-state index contributed by atoms with van der Waals surface area (Å²) >= 11 is 0. The summed E-state index contributed by atoms with van der Waals surface area (Å²) in [5, 5.41) is 9.50. The first-order chi connectivity index (χ1) is 7.54. The van der Waals surface area contributed by atoms with Crippen LogP contribution < -0.4 is 0 Å². The van der Waals surface area contributed by atoms with E-state index in [0.29, 0.717) is 25.7 Å². The normalized spacial score (nSPS) is 17.6. The second-order valence-electron chi connectivity index (χ2n) is 4.54. The van der Waals surface area contributed by atoms with Crippen molar-refractivity contribution < 1.29 is 14.6 Å². The number of ether oxygens (including phenoxy) is 1. The van der Waals surface area contributed by atoms with Crippen molar-refractivity contribution in [2.45, 2.75) is 25.0 Å². The van der Waals surface area contributed by atoms with E-state index in [1.54, 1.807) is 12.0 Å². The molecule has 1 N–H and O–H groups in total. The van der Waals surface area contributed by atoms with Gasteiger partial charge in [-0.05, 0) is 19.9 Å². The highest BCUT2D eigenvalue weighted by molar-refractivity contribution is 5.78. The third kappa shape index (κ3) is 4.47. The van der Waals surface area contributed by atoms with Crippen LogP contribution in [0.2, 0.25) is 0 Å². The number of carbonyl (C=O) groups excluding carboxylic acids is 1. The lowest BCUT2D eigenvalue weighted by Gasteiger charge is -2.23. The van der Waals surface area contributed by atoms with Crippen LogP contribution in [-0.4, -0.2) is 73.9 Å². The second-order valence-corrected chi connectivity index (χ2v) is 4.54. The highest BCUT2D eigenvalue weighted by Crippen LogP contribution is 2.25. The Morgan fingerprint density at radius 1 is 1.50 bits per heavy atom. The van der Waals surface area contributed by atoms with Gasteiger partial charge in [0.2, 0.25) is 5.91 Å². The molecule has 1 aliphatic carbocycles. The molecule has 5 heteroatoms. The topological polar surface area (TPSA) is 53.0 Å². The van der Waals surface area contributed by atoms with Gasteiger partial charge in [0, 0.05) is 26.7 Å². The summed E-state index contributed by atoms with van der Waals surface area (Å²) in [6.45, 7) is 1.11. The minimum atomic E-state index is -0.533. The van der Waals surface area contributed by atoms with Gasteiger partial charge in [-0.3, -0.25) is 9.69 Å². The Morgan fingerprint density at radius 3 is 2.62 bits per heavy atom. The Hall–Kier alpha value is -0.650. The predicted octanol–water partition coefficient (Wildman–Crippen LogP) is -0.454. The zero-order chi connectivity index (χ0) is 12.1. The van der Waals surface area contributed by atoms with Crippen LogP contribution in [-0.2, 0) is 9.53 Å². The van der Waals surface area contributed by atoms with Gasteiger partial charge >= 0.3 is 0 Å². The fourth-order valence-corrected chi connectivity index (χ4v) is 1.68. The summed E-state index contributed by atoms with van der Waals surface area (Å²) in [4.78, 5) is 15.4. The Kier molecular flexibility index (Phi) is 5.18. The summed E-state index contributed by atoms with van der Waals surface area (Å²) < 4.78 is 4.83. The van der Waals surface area contributed by atoms with Crippen molar-refractivity contribution in [3.05, 3.63) is 0 Å². The second kappa shape index (κ2) is 6.18. The maximum atomic E-state index is 11.7. The Balaban J connectivity index is 2.21. The number of nitrogens with zero attached hydrogens (tertiary/aromatic N) is 2. The molecule has 94 valence electrons. The Labute approximate surface area is 97.0 Å². The quantitative estimate of drug-likeness (QED) is 0.643. The molecule has 0 aliphatic heterocycles. The van der Waals surface area contributed by atoms with E-state index in [1.807, 2.05) is 19.0 Å². The Morgan fingerprint density at radius 2 is 2.12 bits per heavy atom. The van der Waals surface area contributed by atoms with E-state index in [-0.39, 0.29) is 5.91 Å². The average molecular weight is 230 g/mol. The lowest BCUT2D eigenvalue weighted by atomic mass is 10.3. The zero-order valence-corrected chi connectivity index (χ0v) is 10.3. The molecule has 0 aromatic heterocycles. The summed E-state index contributed by atoms with van der Waals surface area (Å²) in [6, 6.07) is 0.449. The molecule has 1 saturated carbocycles. The van der Waals surface area contributed by atoms with Crippen molar-refractivity contribution >= 4 is 5.91 Å². The number of hydrogen-bond donors (Lipinski definition) is 1. The van der Waals surface area contributed by atoms with Crippen molar-refractivity contribution in [2.24, 2.45) is 0 Å². The van der Waals surface area contributed by atoms with Crippen molar-refractivity contribution in [3.63, 3.8) is 0 Å². The maximum absolute atomic E-state index is 11.7. The molecule has 1 rings (SSSR count). The van der Waals surface area contributed by atoms with E-state index in [1.165, 1.54) is 0 Å². The number of hydrogen-bond acceptors (Lipinski definition) is 4. The molecule has 0 spiro atoms. The van der Waals surface area contributed by atoms with Gasteiger partial charge in [-0.2, -0.15) is 0 Å². The molecule has 16 heavy (non-hydrogen) atoms. The molecule has 0 saturated heterocycles. The largest absolute Gasteiger partial charge is 0.389 e. The van der Waals surface area contributed by atoms with Crippen LogP contribution >= 0.6 is 0 Å². The molecule has 0 heterocycles. The maximum Gasteiger partial charge on any atom is 0.236 e. The van der Waals surface area contributed by atoms with Crippen molar-refractivity contribution in [3.8, 4) is 0 Å². The molecule has 1 atom stereocenters. The molecule has 1 amide bonds. The fraction of sp³-hybridized carbons (Fsp3) is 0.909. The minimum Gasteiger partial charge on any atom is -0.389 e. The standard InChI is InChI=1S/C11H22N2O3/c1-12(6-10(14)8-16-3)7-11(15)13(2)9-4-5-9/h9-10,14H,4-8H2,1-3H3. The fourth-order valence-electron chi connectivity index (χ4n) is 1.68. The molecular weight excluding hydrogens is 208 g/mol. The molecule has 0 radical (unpaired) electrons. The number of amides is 1. The Bertz CT molecular complexity index is 231. The van der Waals surface area contributed by atoms with E-state index in [0.717, 1.165) is 12.8 Å². The number of aliphatic hydroxyl groups is 1. The number of carbonyl (C=O) groups is 1. The molecule has 1 unspecified atom stereocenters. The number of rotatable bonds is 7. The molecule has 1 fully saturated rings. The van der Waals surface area contributed by atoms with E-state index in [9.17, 15) is 9.90 Å². The summed E-state index contributed by atoms with van der Waals surface area (Å²) in [5.74, 6) is 0.120. The van der Waals surface area contributed by atoms with Gasteiger partial charge in [0.15, 0.2) is 0 Å².